The van der Waals surface area contributed by atoms with Gasteiger partial charge < -0.3 is 19.4 Å². The number of ether oxygens (including phenoxy) is 1. The Balaban J connectivity index is 1.58. The second-order valence-corrected chi connectivity index (χ2v) is 7.34. The molecule has 7 heteroatoms. The minimum atomic E-state index is -0.412. The maximum absolute atomic E-state index is 12.8. The Labute approximate surface area is 154 Å². The van der Waals surface area contributed by atoms with Gasteiger partial charge in [0, 0.05) is 32.2 Å². The Morgan fingerprint density at radius 1 is 1.27 bits per heavy atom. The van der Waals surface area contributed by atoms with Gasteiger partial charge in [0.2, 0.25) is 5.91 Å². The molecule has 0 saturated carbocycles. The lowest BCUT2D eigenvalue weighted by Gasteiger charge is -2.37. The molecular formula is C19H29N3O4. The van der Waals surface area contributed by atoms with Gasteiger partial charge in [-0.05, 0) is 30.9 Å². The first-order valence-electron chi connectivity index (χ1n) is 9.52. The zero-order valence-corrected chi connectivity index (χ0v) is 15.6. The number of hydrogen-bond donors (Lipinski definition) is 1. The van der Waals surface area contributed by atoms with Crippen LogP contribution in [0.15, 0.2) is 22.8 Å². The number of carbonyl (C=O) groups excluding carboxylic acids is 2. The second-order valence-electron chi connectivity index (χ2n) is 7.34. The van der Waals surface area contributed by atoms with Crippen molar-refractivity contribution in [1.82, 2.24) is 15.1 Å². The maximum Gasteiger partial charge on any atom is 0.290 e. The molecule has 3 heterocycles. The van der Waals surface area contributed by atoms with Crippen molar-refractivity contribution in [3.05, 3.63) is 24.2 Å². The predicted molar refractivity (Wildman–Crippen MR) is 96.8 cm³/mol. The minimum absolute atomic E-state index is 0.0682. The average Bonchev–Trinajstić information content (AvgIpc) is 3.33. The molecule has 0 radical (unpaired) electrons. The van der Waals surface area contributed by atoms with Crippen LogP contribution in [-0.4, -0.2) is 73.1 Å². The molecule has 0 spiro atoms. The first-order chi connectivity index (χ1) is 12.6. The normalized spacial score (nSPS) is 22.6. The number of nitrogens with one attached hydrogen (secondary N) is 1. The van der Waals surface area contributed by atoms with Crippen molar-refractivity contribution in [3.63, 3.8) is 0 Å². The summed E-state index contributed by atoms with van der Waals surface area (Å²) in [5, 5.41) is 3.09. The fraction of sp³-hybridized carbons (Fsp3) is 0.684. The molecule has 2 aliphatic rings. The van der Waals surface area contributed by atoms with Crippen LogP contribution in [0.2, 0.25) is 0 Å². The standard InChI is InChI=1S/C19H29N3O4/c1-14(2)16(21-8-11-25-12-9-21)13-20-18(23)15-5-3-7-22(15)19(24)17-6-4-10-26-17/h4,6,10,14-16H,3,5,7-9,11-13H2,1-2H3,(H,20,23). The summed E-state index contributed by atoms with van der Waals surface area (Å²) in [7, 11) is 0. The number of amides is 2. The quantitative estimate of drug-likeness (QED) is 0.826. The molecule has 2 unspecified atom stereocenters. The van der Waals surface area contributed by atoms with Crippen LogP contribution in [0.1, 0.15) is 37.2 Å². The van der Waals surface area contributed by atoms with E-state index in [-0.39, 0.29) is 23.6 Å². The average molecular weight is 363 g/mol. The highest BCUT2D eigenvalue weighted by Gasteiger charge is 2.36. The van der Waals surface area contributed by atoms with Gasteiger partial charge in [0.05, 0.1) is 19.5 Å². The molecule has 1 N–H and O–H groups in total. The number of morpholine rings is 1. The largest absolute Gasteiger partial charge is 0.459 e. The molecule has 1 aromatic heterocycles. The zero-order chi connectivity index (χ0) is 18.5. The van der Waals surface area contributed by atoms with E-state index >= 15 is 0 Å². The fourth-order valence-corrected chi connectivity index (χ4v) is 3.84. The molecule has 0 bridgehead atoms. The van der Waals surface area contributed by atoms with Gasteiger partial charge in [0.1, 0.15) is 6.04 Å². The Bertz CT molecular complexity index is 596. The lowest BCUT2D eigenvalue weighted by Crippen LogP contribution is -2.53. The van der Waals surface area contributed by atoms with E-state index in [2.05, 4.69) is 24.1 Å². The summed E-state index contributed by atoms with van der Waals surface area (Å²) in [5.74, 6) is 0.443. The lowest BCUT2D eigenvalue weighted by molar-refractivity contribution is -0.125. The van der Waals surface area contributed by atoms with Gasteiger partial charge in [0.15, 0.2) is 5.76 Å². The third kappa shape index (κ3) is 4.27. The smallest absolute Gasteiger partial charge is 0.290 e. The van der Waals surface area contributed by atoms with E-state index < -0.39 is 6.04 Å². The number of nitrogens with zero attached hydrogens (tertiary/aromatic N) is 2. The molecular weight excluding hydrogens is 334 g/mol. The molecule has 0 aliphatic carbocycles. The molecule has 2 aliphatic heterocycles. The van der Waals surface area contributed by atoms with Crippen molar-refractivity contribution < 1.29 is 18.7 Å². The number of rotatable bonds is 6. The summed E-state index contributed by atoms with van der Waals surface area (Å²) in [4.78, 5) is 29.3. The highest BCUT2D eigenvalue weighted by molar-refractivity contribution is 5.95. The van der Waals surface area contributed by atoms with Crippen molar-refractivity contribution >= 4 is 11.8 Å². The van der Waals surface area contributed by atoms with Crippen LogP contribution in [0, 0.1) is 5.92 Å². The van der Waals surface area contributed by atoms with E-state index in [1.807, 2.05) is 0 Å². The van der Waals surface area contributed by atoms with Gasteiger partial charge in [-0.15, -0.1) is 0 Å². The molecule has 2 saturated heterocycles. The van der Waals surface area contributed by atoms with Gasteiger partial charge in [-0.3, -0.25) is 14.5 Å². The minimum Gasteiger partial charge on any atom is -0.459 e. The Morgan fingerprint density at radius 3 is 2.69 bits per heavy atom. The van der Waals surface area contributed by atoms with E-state index in [1.54, 1.807) is 17.0 Å². The van der Waals surface area contributed by atoms with Crippen LogP contribution in [0.4, 0.5) is 0 Å². The first kappa shape index (κ1) is 18.9. The zero-order valence-electron chi connectivity index (χ0n) is 15.6. The van der Waals surface area contributed by atoms with Crippen LogP contribution < -0.4 is 5.32 Å². The molecule has 1 aromatic rings. The Morgan fingerprint density at radius 2 is 2.04 bits per heavy atom. The molecule has 2 fully saturated rings. The van der Waals surface area contributed by atoms with Crippen LogP contribution in [-0.2, 0) is 9.53 Å². The number of likely N-dealkylation sites (tertiary alicyclic amines) is 1. The summed E-state index contributed by atoms with van der Waals surface area (Å²) >= 11 is 0. The van der Waals surface area contributed by atoms with E-state index in [4.69, 9.17) is 9.15 Å². The molecule has 2 atom stereocenters. The van der Waals surface area contributed by atoms with Crippen molar-refractivity contribution in [2.24, 2.45) is 5.92 Å². The highest BCUT2D eigenvalue weighted by atomic mass is 16.5. The monoisotopic (exact) mass is 363 g/mol. The van der Waals surface area contributed by atoms with Crippen LogP contribution >= 0.6 is 0 Å². The van der Waals surface area contributed by atoms with Gasteiger partial charge >= 0.3 is 0 Å². The SMILES string of the molecule is CC(C)C(CNC(=O)C1CCCN1C(=O)c1ccco1)N1CCOCC1. The van der Waals surface area contributed by atoms with Crippen molar-refractivity contribution in [3.8, 4) is 0 Å². The van der Waals surface area contributed by atoms with Crippen molar-refractivity contribution in [2.75, 3.05) is 39.4 Å². The number of furan rings is 1. The van der Waals surface area contributed by atoms with Crippen LogP contribution in [0.5, 0.6) is 0 Å². The maximum atomic E-state index is 12.8. The van der Waals surface area contributed by atoms with E-state index in [9.17, 15) is 9.59 Å². The van der Waals surface area contributed by atoms with Gasteiger partial charge in [-0.1, -0.05) is 13.8 Å². The molecule has 7 nitrogen and oxygen atoms in total. The molecule has 144 valence electrons. The molecule has 3 rings (SSSR count). The summed E-state index contributed by atoms with van der Waals surface area (Å²) in [6.07, 6.45) is 3.01. The third-order valence-electron chi connectivity index (χ3n) is 5.32. The Hall–Kier alpha value is -1.86. The van der Waals surface area contributed by atoms with Gasteiger partial charge in [0.25, 0.3) is 5.91 Å². The molecule has 0 aromatic carbocycles. The highest BCUT2D eigenvalue weighted by Crippen LogP contribution is 2.21. The summed E-state index contributed by atoms with van der Waals surface area (Å²) < 4.78 is 10.6. The van der Waals surface area contributed by atoms with E-state index in [0.29, 0.717) is 25.4 Å². The Kier molecular flexibility index (Phi) is 6.32. The predicted octanol–water partition coefficient (Wildman–Crippen LogP) is 1.36. The molecule has 2 amide bonds. The van der Waals surface area contributed by atoms with Crippen molar-refractivity contribution in [1.29, 1.82) is 0 Å². The fourth-order valence-electron chi connectivity index (χ4n) is 3.84. The van der Waals surface area contributed by atoms with Crippen LogP contribution in [0.3, 0.4) is 0 Å². The van der Waals surface area contributed by atoms with Gasteiger partial charge in [-0.25, -0.2) is 0 Å². The third-order valence-corrected chi connectivity index (χ3v) is 5.32. The van der Waals surface area contributed by atoms with Crippen molar-refractivity contribution in [2.45, 2.75) is 38.8 Å². The first-order valence-corrected chi connectivity index (χ1v) is 9.52. The second kappa shape index (κ2) is 8.68. The summed E-state index contributed by atoms with van der Waals surface area (Å²) in [6.45, 7) is 8.81. The summed E-state index contributed by atoms with van der Waals surface area (Å²) in [6, 6.07) is 3.19. The van der Waals surface area contributed by atoms with Crippen LogP contribution in [0.25, 0.3) is 0 Å². The van der Waals surface area contributed by atoms with E-state index in [0.717, 1.165) is 32.7 Å². The van der Waals surface area contributed by atoms with E-state index in [1.165, 1.54) is 6.26 Å². The van der Waals surface area contributed by atoms with Gasteiger partial charge in [-0.2, -0.15) is 0 Å². The number of hydrogen-bond acceptors (Lipinski definition) is 5. The summed E-state index contributed by atoms with van der Waals surface area (Å²) in [5.41, 5.74) is 0. The number of carbonyl (C=O) groups is 2. The topological polar surface area (TPSA) is 75.0 Å². The molecule has 26 heavy (non-hydrogen) atoms. The lowest BCUT2D eigenvalue weighted by atomic mass is 10.0.